The molecule has 4 heteroatoms. The zero-order valence-corrected chi connectivity index (χ0v) is 9.89. The highest BCUT2D eigenvalue weighted by atomic mass is 16.5. The average Bonchev–Trinajstić information content (AvgIpc) is 2.38. The van der Waals surface area contributed by atoms with Crippen molar-refractivity contribution in [3.8, 4) is 0 Å². The van der Waals surface area contributed by atoms with E-state index in [2.05, 4.69) is 5.32 Å². The van der Waals surface area contributed by atoms with Crippen molar-refractivity contribution >= 4 is 5.91 Å². The van der Waals surface area contributed by atoms with E-state index in [1.807, 2.05) is 35.2 Å². The van der Waals surface area contributed by atoms with Gasteiger partial charge in [-0.3, -0.25) is 4.79 Å². The maximum atomic E-state index is 11.5. The first kappa shape index (κ1) is 12.1. The molecule has 1 aromatic carbocycles. The number of nitrogens with zero attached hydrogens (tertiary/aromatic N) is 1. The second kappa shape index (κ2) is 6.37. The summed E-state index contributed by atoms with van der Waals surface area (Å²) in [5, 5.41) is 3.05. The van der Waals surface area contributed by atoms with Gasteiger partial charge in [-0.15, -0.1) is 0 Å². The van der Waals surface area contributed by atoms with E-state index in [1.54, 1.807) is 0 Å². The summed E-state index contributed by atoms with van der Waals surface area (Å²) in [6.07, 6.45) is 0. The third kappa shape index (κ3) is 3.84. The summed E-state index contributed by atoms with van der Waals surface area (Å²) in [4.78, 5) is 13.3. The summed E-state index contributed by atoms with van der Waals surface area (Å²) in [5.74, 6) is 0.166. The van der Waals surface area contributed by atoms with Crippen molar-refractivity contribution in [2.24, 2.45) is 0 Å². The van der Waals surface area contributed by atoms with E-state index in [0.717, 1.165) is 13.1 Å². The van der Waals surface area contributed by atoms with Crippen molar-refractivity contribution in [2.45, 2.75) is 6.61 Å². The summed E-state index contributed by atoms with van der Waals surface area (Å²) in [7, 11) is 0. The first-order valence-corrected chi connectivity index (χ1v) is 5.96. The number of carbonyl (C=O) groups excluding carboxylic acids is 1. The van der Waals surface area contributed by atoms with Crippen LogP contribution in [0, 0.1) is 0 Å². The highest BCUT2D eigenvalue weighted by Crippen LogP contribution is 2.01. The topological polar surface area (TPSA) is 41.6 Å². The minimum Gasteiger partial charge on any atom is -0.375 e. The average molecular weight is 234 g/mol. The summed E-state index contributed by atoms with van der Waals surface area (Å²) >= 11 is 0. The summed E-state index contributed by atoms with van der Waals surface area (Å²) in [5.41, 5.74) is 1.17. The van der Waals surface area contributed by atoms with Crippen LogP contribution in [0.4, 0.5) is 0 Å². The number of piperazine rings is 1. The van der Waals surface area contributed by atoms with Crippen LogP contribution in [0.5, 0.6) is 0 Å². The quantitative estimate of drug-likeness (QED) is 0.760. The third-order valence-electron chi connectivity index (χ3n) is 2.80. The number of nitrogens with one attached hydrogen (secondary N) is 1. The van der Waals surface area contributed by atoms with Crippen molar-refractivity contribution < 1.29 is 9.53 Å². The molecule has 1 saturated heterocycles. The van der Waals surface area contributed by atoms with Crippen molar-refractivity contribution in [1.29, 1.82) is 0 Å². The predicted molar refractivity (Wildman–Crippen MR) is 65.5 cm³/mol. The van der Waals surface area contributed by atoms with Crippen LogP contribution in [0.1, 0.15) is 5.56 Å². The molecule has 0 unspecified atom stereocenters. The van der Waals surface area contributed by atoms with E-state index >= 15 is 0 Å². The molecule has 92 valence electrons. The fraction of sp³-hybridized carbons (Fsp3) is 0.462. The Morgan fingerprint density at radius 3 is 2.88 bits per heavy atom. The van der Waals surface area contributed by atoms with E-state index in [0.29, 0.717) is 26.3 Å². The van der Waals surface area contributed by atoms with Crippen molar-refractivity contribution in [3.05, 3.63) is 35.9 Å². The van der Waals surface area contributed by atoms with Crippen LogP contribution in [-0.2, 0) is 16.1 Å². The largest absolute Gasteiger partial charge is 0.375 e. The lowest BCUT2D eigenvalue weighted by Gasteiger charge is -2.27. The van der Waals surface area contributed by atoms with Gasteiger partial charge < -0.3 is 15.0 Å². The highest BCUT2D eigenvalue weighted by molar-refractivity contribution is 5.78. The molecule has 0 aliphatic carbocycles. The standard InChI is InChI=1S/C13H18N2O2/c16-13-10-14-6-7-15(13)8-9-17-11-12-4-2-1-3-5-12/h1-5,14H,6-11H2. The van der Waals surface area contributed by atoms with E-state index in [-0.39, 0.29) is 5.91 Å². The highest BCUT2D eigenvalue weighted by Gasteiger charge is 2.16. The molecule has 0 atom stereocenters. The molecule has 0 spiro atoms. The van der Waals surface area contributed by atoms with Crippen LogP contribution < -0.4 is 5.32 Å². The summed E-state index contributed by atoms with van der Waals surface area (Å²) in [6, 6.07) is 10.1. The Bertz CT molecular complexity index is 354. The zero-order chi connectivity index (χ0) is 11.9. The van der Waals surface area contributed by atoms with Gasteiger partial charge in [-0.25, -0.2) is 0 Å². The SMILES string of the molecule is O=C1CNCCN1CCOCc1ccccc1. The monoisotopic (exact) mass is 234 g/mol. The number of benzene rings is 1. The number of hydrogen-bond donors (Lipinski definition) is 1. The molecule has 1 aromatic rings. The molecule has 1 aliphatic rings. The number of carbonyl (C=O) groups is 1. The molecule has 1 amide bonds. The Kier molecular flexibility index (Phi) is 4.53. The normalized spacial score (nSPS) is 16.2. The fourth-order valence-corrected chi connectivity index (χ4v) is 1.82. The predicted octanol–water partition coefficient (Wildman–Crippen LogP) is 0.635. The van der Waals surface area contributed by atoms with Gasteiger partial charge in [0.1, 0.15) is 0 Å². The van der Waals surface area contributed by atoms with Crippen LogP contribution in [0.25, 0.3) is 0 Å². The van der Waals surface area contributed by atoms with Crippen LogP contribution in [0.15, 0.2) is 30.3 Å². The molecular formula is C13H18N2O2. The first-order valence-electron chi connectivity index (χ1n) is 5.96. The maximum absolute atomic E-state index is 11.5. The minimum atomic E-state index is 0.166. The second-order valence-corrected chi connectivity index (χ2v) is 4.10. The Balaban J connectivity index is 1.64. The van der Waals surface area contributed by atoms with Gasteiger partial charge in [0.25, 0.3) is 0 Å². The number of amides is 1. The van der Waals surface area contributed by atoms with Crippen molar-refractivity contribution in [1.82, 2.24) is 10.2 Å². The fourth-order valence-electron chi connectivity index (χ4n) is 1.82. The van der Waals surface area contributed by atoms with Crippen LogP contribution in [0.3, 0.4) is 0 Å². The van der Waals surface area contributed by atoms with Crippen molar-refractivity contribution in [3.63, 3.8) is 0 Å². The van der Waals surface area contributed by atoms with Gasteiger partial charge in [0.05, 0.1) is 19.8 Å². The lowest BCUT2D eigenvalue weighted by Crippen LogP contribution is -2.49. The van der Waals surface area contributed by atoms with E-state index in [9.17, 15) is 4.79 Å². The molecule has 0 radical (unpaired) electrons. The third-order valence-corrected chi connectivity index (χ3v) is 2.80. The Morgan fingerprint density at radius 2 is 2.12 bits per heavy atom. The van der Waals surface area contributed by atoms with Gasteiger partial charge in [0.15, 0.2) is 0 Å². The molecule has 2 rings (SSSR count). The molecular weight excluding hydrogens is 216 g/mol. The first-order chi connectivity index (χ1) is 8.36. The van der Waals surface area contributed by atoms with E-state index in [4.69, 9.17) is 4.74 Å². The van der Waals surface area contributed by atoms with Gasteiger partial charge >= 0.3 is 0 Å². The van der Waals surface area contributed by atoms with E-state index < -0.39 is 0 Å². The Labute approximate surface area is 102 Å². The molecule has 1 aliphatic heterocycles. The van der Waals surface area contributed by atoms with Crippen molar-refractivity contribution in [2.75, 3.05) is 32.8 Å². The molecule has 0 saturated carbocycles. The molecule has 0 aromatic heterocycles. The smallest absolute Gasteiger partial charge is 0.236 e. The number of ether oxygens (including phenoxy) is 1. The lowest BCUT2D eigenvalue weighted by atomic mass is 10.2. The number of rotatable bonds is 5. The van der Waals surface area contributed by atoms with Crippen LogP contribution in [-0.4, -0.2) is 43.6 Å². The molecule has 4 nitrogen and oxygen atoms in total. The lowest BCUT2D eigenvalue weighted by molar-refractivity contribution is -0.132. The van der Waals surface area contributed by atoms with Crippen LogP contribution in [0.2, 0.25) is 0 Å². The zero-order valence-electron chi connectivity index (χ0n) is 9.89. The summed E-state index contributed by atoms with van der Waals surface area (Å²) < 4.78 is 5.56. The maximum Gasteiger partial charge on any atom is 0.236 e. The van der Waals surface area contributed by atoms with Gasteiger partial charge in [-0.2, -0.15) is 0 Å². The molecule has 0 bridgehead atoms. The van der Waals surface area contributed by atoms with Gasteiger partial charge in [0, 0.05) is 19.6 Å². The second-order valence-electron chi connectivity index (χ2n) is 4.10. The molecule has 1 heterocycles. The Morgan fingerprint density at radius 1 is 1.29 bits per heavy atom. The number of hydrogen-bond acceptors (Lipinski definition) is 3. The summed E-state index contributed by atoms with van der Waals surface area (Å²) in [6.45, 7) is 4.02. The molecule has 17 heavy (non-hydrogen) atoms. The van der Waals surface area contributed by atoms with Gasteiger partial charge in [0.2, 0.25) is 5.91 Å². The van der Waals surface area contributed by atoms with Gasteiger partial charge in [-0.1, -0.05) is 30.3 Å². The van der Waals surface area contributed by atoms with Crippen LogP contribution >= 0.6 is 0 Å². The van der Waals surface area contributed by atoms with Gasteiger partial charge in [-0.05, 0) is 5.56 Å². The van der Waals surface area contributed by atoms with E-state index in [1.165, 1.54) is 5.56 Å². The molecule has 1 fully saturated rings. The Hall–Kier alpha value is -1.39. The minimum absolute atomic E-state index is 0.166. The molecule has 1 N–H and O–H groups in total.